The SMILES string of the molecule is COc1ccc(CCC2(C3CCCC3)CC(=O)CC(=O)O2)cc1. The number of benzene rings is 1. The second-order valence-corrected chi connectivity index (χ2v) is 6.76. The number of cyclic esters (lactones) is 1. The number of rotatable bonds is 5. The third-order valence-electron chi connectivity index (χ3n) is 5.25. The van der Waals surface area contributed by atoms with E-state index in [-0.39, 0.29) is 18.2 Å². The standard InChI is InChI=1S/C19H24O4/c1-22-17-8-6-14(7-9-17)10-11-19(15-4-2-3-5-15)13-16(20)12-18(21)23-19/h6-9,15H,2-5,10-13H2,1H3. The number of hydrogen-bond donors (Lipinski definition) is 0. The zero-order valence-corrected chi connectivity index (χ0v) is 13.7. The van der Waals surface area contributed by atoms with Gasteiger partial charge in [0.05, 0.1) is 7.11 Å². The molecule has 1 aromatic carbocycles. The Morgan fingerprint density at radius 2 is 1.87 bits per heavy atom. The molecule has 124 valence electrons. The summed E-state index contributed by atoms with van der Waals surface area (Å²) in [6, 6.07) is 7.95. The number of hydrogen-bond acceptors (Lipinski definition) is 4. The Kier molecular flexibility index (Phi) is 4.69. The molecule has 1 saturated carbocycles. The van der Waals surface area contributed by atoms with E-state index >= 15 is 0 Å². The molecular weight excluding hydrogens is 292 g/mol. The molecule has 1 aliphatic heterocycles. The van der Waals surface area contributed by atoms with Crippen LogP contribution in [0.5, 0.6) is 5.75 Å². The minimum Gasteiger partial charge on any atom is -0.497 e. The molecule has 0 radical (unpaired) electrons. The fourth-order valence-electron chi connectivity index (χ4n) is 4.03. The topological polar surface area (TPSA) is 52.6 Å². The summed E-state index contributed by atoms with van der Waals surface area (Å²) >= 11 is 0. The molecule has 1 aromatic rings. The zero-order valence-electron chi connectivity index (χ0n) is 13.7. The van der Waals surface area contributed by atoms with E-state index < -0.39 is 5.60 Å². The summed E-state index contributed by atoms with van der Waals surface area (Å²) in [4.78, 5) is 23.9. The first-order chi connectivity index (χ1) is 11.1. The normalized spacial score (nSPS) is 25.4. The number of Topliss-reactive ketones (excluding diaryl/α,β-unsaturated/α-hetero) is 1. The van der Waals surface area contributed by atoms with Crippen molar-refractivity contribution in [2.75, 3.05) is 7.11 Å². The van der Waals surface area contributed by atoms with Crippen LogP contribution in [0.4, 0.5) is 0 Å². The summed E-state index contributed by atoms with van der Waals surface area (Å²) in [5.74, 6) is 0.846. The van der Waals surface area contributed by atoms with Crippen LogP contribution < -0.4 is 4.74 Å². The molecule has 1 aliphatic carbocycles. The van der Waals surface area contributed by atoms with Crippen LogP contribution in [-0.2, 0) is 20.7 Å². The maximum atomic E-state index is 12.0. The molecule has 1 atom stereocenters. The highest BCUT2D eigenvalue weighted by molar-refractivity contribution is 5.98. The van der Waals surface area contributed by atoms with Crippen LogP contribution in [0.15, 0.2) is 24.3 Å². The van der Waals surface area contributed by atoms with Gasteiger partial charge in [0.15, 0.2) is 0 Å². The minimum absolute atomic E-state index is 0.0304. The van der Waals surface area contributed by atoms with E-state index in [2.05, 4.69) is 0 Å². The van der Waals surface area contributed by atoms with Crippen molar-refractivity contribution in [1.29, 1.82) is 0 Å². The van der Waals surface area contributed by atoms with Crippen molar-refractivity contribution in [1.82, 2.24) is 0 Å². The first kappa shape index (κ1) is 16.0. The second-order valence-electron chi connectivity index (χ2n) is 6.76. The van der Waals surface area contributed by atoms with Gasteiger partial charge in [-0.05, 0) is 49.3 Å². The lowest BCUT2D eigenvalue weighted by Gasteiger charge is -2.41. The maximum absolute atomic E-state index is 12.0. The Labute approximate surface area is 137 Å². The molecule has 1 heterocycles. The molecule has 4 nitrogen and oxygen atoms in total. The van der Waals surface area contributed by atoms with Gasteiger partial charge >= 0.3 is 5.97 Å². The molecule has 0 aromatic heterocycles. The monoisotopic (exact) mass is 316 g/mol. The average molecular weight is 316 g/mol. The molecule has 1 unspecified atom stereocenters. The molecule has 1 saturated heterocycles. The van der Waals surface area contributed by atoms with Crippen molar-refractivity contribution in [3.8, 4) is 5.75 Å². The number of ether oxygens (including phenoxy) is 2. The molecule has 0 N–H and O–H groups in total. The Balaban J connectivity index is 1.75. The fourth-order valence-corrected chi connectivity index (χ4v) is 4.03. The van der Waals surface area contributed by atoms with Gasteiger partial charge in [-0.3, -0.25) is 9.59 Å². The fraction of sp³-hybridized carbons (Fsp3) is 0.579. The molecule has 0 spiro atoms. The molecule has 2 aliphatic rings. The number of aryl methyl sites for hydroxylation is 1. The summed E-state index contributed by atoms with van der Waals surface area (Å²) in [6.07, 6.45) is 6.31. The average Bonchev–Trinajstić information content (AvgIpc) is 3.08. The number of esters is 1. The van der Waals surface area contributed by atoms with Gasteiger partial charge in [-0.25, -0.2) is 0 Å². The van der Waals surface area contributed by atoms with E-state index in [0.29, 0.717) is 12.3 Å². The van der Waals surface area contributed by atoms with Gasteiger partial charge in [0.1, 0.15) is 23.6 Å². The third kappa shape index (κ3) is 3.57. The lowest BCUT2D eigenvalue weighted by molar-refractivity contribution is -0.178. The smallest absolute Gasteiger partial charge is 0.313 e. The van der Waals surface area contributed by atoms with Gasteiger partial charge in [-0.15, -0.1) is 0 Å². The van der Waals surface area contributed by atoms with E-state index in [1.54, 1.807) is 7.11 Å². The molecule has 2 fully saturated rings. The van der Waals surface area contributed by atoms with E-state index in [1.165, 1.54) is 18.4 Å². The summed E-state index contributed by atoms with van der Waals surface area (Å²) in [7, 11) is 1.65. The van der Waals surface area contributed by atoms with Crippen molar-refractivity contribution in [3.63, 3.8) is 0 Å². The Hall–Kier alpha value is -1.84. The van der Waals surface area contributed by atoms with Crippen LogP contribution in [0.25, 0.3) is 0 Å². The minimum atomic E-state index is -0.581. The Morgan fingerprint density at radius 1 is 1.17 bits per heavy atom. The Bertz CT molecular complexity index is 554. The Morgan fingerprint density at radius 3 is 2.48 bits per heavy atom. The number of methoxy groups -OCH3 is 1. The van der Waals surface area contributed by atoms with Crippen LogP contribution in [0.2, 0.25) is 0 Å². The predicted molar refractivity (Wildman–Crippen MR) is 86.3 cm³/mol. The van der Waals surface area contributed by atoms with E-state index in [0.717, 1.165) is 31.4 Å². The van der Waals surface area contributed by atoms with Crippen LogP contribution in [-0.4, -0.2) is 24.5 Å². The quantitative estimate of drug-likeness (QED) is 0.616. The highest BCUT2D eigenvalue weighted by Crippen LogP contribution is 2.43. The van der Waals surface area contributed by atoms with Crippen molar-refractivity contribution in [3.05, 3.63) is 29.8 Å². The van der Waals surface area contributed by atoms with Gasteiger partial charge in [0, 0.05) is 6.42 Å². The molecular formula is C19H24O4. The van der Waals surface area contributed by atoms with E-state index in [9.17, 15) is 9.59 Å². The highest BCUT2D eigenvalue weighted by Gasteiger charge is 2.47. The van der Waals surface area contributed by atoms with Gasteiger partial charge in [0.25, 0.3) is 0 Å². The van der Waals surface area contributed by atoms with Gasteiger partial charge in [-0.1, -0.05) is 25.0 Å². The highest BCUT2D eigenvalue weighted by atomic mass is 16.6. The first-order valence-corrected chi connectivity index (χ1v) is 8.48. The van der Waals surface area contributed by atoms with Gasteiger partial charge in [-0.2, -0.15) is 0 Å². The lowest BCUT2D eigenvalue weighted by atomic mass is 9.76. The molecule has 23 heavy (non-hydrogen) atoms. The van der Waals surface area contributed by atoms with Gasteiger partial charge < -0.3 is 9.47 Å². The van der Waals surface area contributed by atoms with Crippen LogP contribution in [0, 0.1) is 5.92 Å². The molecule has 4 heteroatoms. The predicted octanol–water partition coefficient (Wildman–Crippen LogP) is 3.46. The third-order valence-corrected chi connectivity index (χ3v) is 5.25. The molecule has 3 rings (SSSR count). The van der Waals surface area contributed by atoms with Crippen molar-refractivity contribution < 1.29 is 19.1 Å². The van der Waals surface area contributed by atoms with Crippen LogP contribution >= 0.6 is 0 Å². The molecule has 0 bridgehead atoms. The van der Waals surface area contributed by atoms with Crippen molar-refractivity contribution >= 4 is 11.8 Å². The number of carbonyl (C=O) groups excluding carboxylic acids is 2. The number of carbonyl (C=O) groups is 2. The molecule has 0 amide bonds. The summed E-state index contributed by atoms with van der Waals surface area (Å²) in [5.41, 5.74) is 0.597. The lowest BCUT2D eigenvalue weighted by Crippen LogP contribution is -2.48. The largest absolute Gasteiger partial charge is 0.497 e. The van der Waals surface area contributed by atoms with Crippen LogP contribution in [0.1, 0.15) is 50.5 Å². The first-order valence-electron chi connectivity index (χ1n) is 8.48. The number of ketones is 1. The van der Waals surface area contributed by atoms with Crippen molar-refractivity contribution in [2.45, 2.75) is 57.0 Å². The maximum Gasteiger partial charge on any atom is 0.313 e. The van der Waals surface area contributed by atoms with E-state index in [4.69, 9.17) is 9.47 Å². The summed E-state index contributed by atoms with van der Waals surface area (Å²) in [5, 5.41) is 0. The zero-order chi connectivity index (χ0) is 16.3. The van der Waals surface area contributed by atoms with Crippen LogP contribution in [0.3, 0.4) is 0 Å². The van der Waals surface area contributed by atoms with Gasteiger partial charge in [0.2, 0.25) is 0 Å². The summed E-state index contributed by atoms with van der Waals surface area (Å²) in [6.45, 7) is 0. The second kappa shape index (κ2) is 6.73. The van der Waals surface area contributed by atoms with Crippen molar-refractivity contribution in [2.24, 2.45) is 5.92 Å². The van der Waals surface area contributed by atoms with E-state index in [1.807, 2.05) is 24.3 Å². The summed E-state index contributed by atoms with van der Waals surface area (Å²) < 4.78 is 11.0.